The summed E-state index contributed by atoms with van der Waals surface area (Å²) in [7, 11) is 0. The summed E-state index contributed by atoms with van der Waals surface area (Å²) in [4.78, 5) is 25.1. The molecule has 0 spiro atoms. The minimum absolute atomic E-state index is 0.00865. The highest BCUT2D eigenvalue weighted by molar-refractivity contribution is 5.80. The van der Waals surface area contributed by atoms with Gasteiger partial charge in [-0.15, -0.1) is 0 Å². The Morgan fingerprint density at radius 3 is 2.79 bits per heavy atom. The van der Waals surface area contributed by atoms with Gasteiger partial charge in [0.2, 0.25) is 11.8 Å². The first-order valence-electron chi connectivity index (χ1n) is 6.33. The Labute approximate surface area is 111 Å². The van der Waals surface area contributed by atoms with Crippen LogP contribution in [0.25, 0.3) is 0 Å². The summed E-state index contributed by atoms with van der Waals surface area (Å²) in [6.07, 6.45) is 0.352. The summed E-state index contributed by atoms with van der Waals surface area (Å²) in [5, 5.41) is 6.99. The van der Waals surface area contributed by atoms with Gasteiger partial charge in [-0.05, 0) is 13.8 Å². The van der Waals surface area contributed by atoms with Crippen molar-refractivity contribution in [2.24, 2.45) is 0 Å². The molecule has 3 N–H and O–H groups in total. The summed E-state index contributed by atoms with van der Waals surface area (Å²) in [6, 6.07) is 0. The second kappa shape index (κ2) is 5.29. The van der Waals surface area contributed by atoms with Crippen molar-refractivity contribution in [1.82, 2.24) is 20.0 Å². The van der Waals surface area contributed by atoms with Crippen LogP contribution < -0.4 is 11.1 Å². The molecule has 2 amide bonds. The van der Waals surface area contributed by atoms with Crippen molar-refractivity contribution < 1.29 is 9.59 Å². The molecule has 1 aromatic heterocycles. The molecule has 7 heteroatoms. The average molecular weight is 265 g/mol. The predicted octanol–water partition coefficient (Wildman–Crippen LogP) is -0.569. The lowest BCUT2D eigenvalue weighted by molar-refractivity contribution is -0.131. The van der Waals surface area contributed by atoms with E-state index in [0.29, 0.717) is 31.7 Å². The van der Waals surface area contributed by atoms with Gasteiger partial charge in [0.1, 0.15) is 6.54 Å². The third-order valence-corrected chi connectivity index (χ3v) is 3.39. The summed E-state index contributed by atoms with van der Waals surface area (Å²) < 4.78 is 1.62. The fraction of sp³-hybridized carbons (Fsp3) is 0.583. The van der Waals surface area contributed by atoms with Crippen LogP contribution in [0.4, 0.5) is 5.69 Å². The van der Waals surface area contributed by atoms with Crippen LogP contribution in [0.1, 0.15) is 17.8 Å². The van der Waals surface area contributed by atoms with Crippen LogP contribution in [0.15, 0.2) is 0 Å². The molecule has 1 aliphatic rings. The lowest BCUT2D eigenvalue weighted by Crippen LogP contribution is -2.36. The van der Waals surface area contributed by atoms with Gasteiger partial charge in [0.25, 0.3) is 0 Å². The number of nitrogen functional groups attached to an aromatic ring is 1. The monoisotopic (exact) mass is 265 g/mol. The lowest BCUT2D eigenvalue weighted by atomic mass is 10.3. The van der Waals surface area contributed by atoms with Gasteiger partial charge < -0.3 is 16.0 Å². The van der Waals surface area contributed by atoms with Gasteiger partial charge in [-0.3, -0.25) is 14.3 Å². The van der Waals surface area contributed by atoms with Gasteiger partial charge in [0, 0.05) is 26.1 Å². The maximum atomic E-state index is 12.2. The first-order valence-corrected chi connectivity index (χ1v) is 6.33. The molecular weight excluding hydrogens is 246 g/mol. The summed E-state index contributed by atoms with van der Waals surface area (Å²) in [6.45, 7) is 5.33. The minimum atomic E-state index is -0.0397. The number of nitrogens with two attached hydrogens (primary N) is 1. The zero-order valence-corrected chi connectivity index (χ0v) is 11.3. The summed E-state index contributed by atoms with van der Waals surface area (Å²) >= 11 is 0. The Hall–Kier alpha value is -2.05. The zero-order valence-electron chi connectivity index (χ0n) is 11.3. The molecule has 0 aromatic carbocycles. The number of carbonyl (C=O) groups excluding carboxylic acids is 2. The Balaban J connectivity index is 2.04. The topological polar surface area (TPSA) is 93.2 Å². The van der Waals surface area contributed by atoms with E-state index >= 15 is 0 Å². The normalized spacial score (nSPS) is 16.1. The van der Waals surface area contributed by atoms with Crippen molar-refractivity contribution in [3.8, 4) is 0 Å². The SMILES string of the molecule is Cc1nn(CC(=O)N2CCNC(=O)CC2)c(C)c1N. The predicted molar refractivity (Wildman–Crippen MR) is 70.3 cm³/mol. The number of carbonyl (C=O) groups is 2. The van der Waals surface area contributed by atoms with E-state index in [0.717, 1.165) is 11.4 Å². The molecule has 1 aliphatic heterocycles. The van der Waals surface area contributed by atoms with Crippen LogP contribution in [-0.2, 0) is 16.1 Å². The first kappa shape index (κ1) is 13.4. The molecule has 0 aliphatic carbocycles. The number of nitrogens with zero attached hydrogens (tertiary/aromatic N) is 3. The smallest absolute Gasteiger partial charge is 0.244 e. The van der Waals surface area contributed by atoms with Crippen LogP contribution in [0, 0.1) is 13.8 Å². The Morgan fingerprint density at radius 1 is 1.42 bits per heavy atom. The Morgan fingerprint density at radius 2 is 2.16 bits per heavy atom. The molecule has 0 bridgehead atoms. The molecule has 2 rings (SSSR count). The van der Waals surface area contributed by atoms with Crippen LogP contribution in [-0.4, -0.2) is 46.1 Å². The number of aryl methyl sites for hydroxylation is 1. The van der Waals surface area contributed by atoms with E-state index in [4.69, 9.17) is 5.73 Å². The molecule has 0 radical (unpaired) electrons. The van der Waals surface area contributed by atoms with Crippen LogP contribution in [0.3, 0.4) is 0 Å². The third-order valence-electron chi connectivity index (χ3n) is 3.39. The number of amides is 2. The molecule has 19 heavy (non-hydrogen) atoms. The van der Waals surface area contributed by atoms with Crippen molar-refractivity contribution in [3.05, 3.63) is 11.4 Å². The van der Waals surface area contributed by atoms with Crippen molar-refractivity contribution in [2.75, 3.05) is 25.4 Å². The highest BCUT2D eigenvalue weighted by Crippen LogP contribution is 2.14. The van der Waals surface area contributed by atoms with Gasteiger partial charge in [0.05, 0.1) is 17.1 Å². The maximum Gasteiger partial charge on any atom is 0.244 e. The number of aromatic nitrogens is 2. The van der Waals surface area contributed by atoms with Crippen molar-refractivity contribution >= 4 is 17.5 Å². The number of rotatable bonds is 2. The number of anilines is 1. The van der Waals surface area contributed by atoms with Crippen LogP contribution in [0.2, 0.25) is 0 Å². The standard InChI is InChI=1S/C12H19N5O2/c1-8-12(13)9(2)17(15-8)7-11(19)16-5-3-10(18)14-4-6-16/h3-7,13H2,1-2H3,(H,14,18). The first-order chi connectivity index (χ1) is 8.99. The van der Waals surface area contributed by atoms with Gasteiger partial charge >= 0.3 is 0 Å². The van der Waals surface area contributed by atoms with E-state index in [-0.39, 0.29) is 18.4 Å². The van der Waals surface area contributed by atoms with Gasteiger partial charge in [-0.2, -0.15) is 5.10 Å². The average Bonchev–Trinajstić information content (AvgIpc) is 2.58. The second-order valence-corrected chi connectivity index (χ2v) is 4.72. The zero-order chi connectivity index (χ0) is 14.0. The molecule has 104 valence electrons. The second-order valence-electron chi connectivity index (χ2n) is 4.72. The number of hydrogen-bond acceptors (Lipinski definition) is 4. The number of nitrogens with one attached hydrogen (secondary N) is 1. The molecular formula is C12H19N5O2. The van der Waals surface area contributed by atoms with E-state index < -0.39 is 0 Å². The lowest BCUT2D eigenvalue weighted by Gasteiger charge is -2.19. The molecule has 0 unspecified atom stereocenters. The fourth-order valence-electron chi connectivity index (χ4n) is 2.11. The van der Waals surface area contributed by atoms with E-state index in [2.05, 4.69) is 10.4 Å². The van der Waals surface area contributed by atoms with E-state index in [9.17, 15) is 9.59 Å². The summed E-state index contributed by atoms with van der Waals surface area (Å²) in [5.41, 5.74) is 8.00. The van der Waals surface area contributed by atoms with Gasteiger partial charge in [0.15, 0.2) is 0 Å². The molecule has 1 fully saturated rings. The van der Waals surface area contributed by atoms with Gasteiger partial charge in [-0.25, -0.2) is 0 Å². The fourth-order valence-corrected chi connectivity index (χ4v) is 2.11. The number of hydrogen-bond donors (Lipinski definition) is 2. The Bertz CT molecular complexity index is 508. The minimum Gasteiger partial charge on any atom is -0.396 e. The van der Waals surface area contributed by atoms with E-state index in [1.165, 1.54) is 0 Å². The van der Waals surface area contributed by atoms with Crippen molar-refractivity contribution in [2.45, 2.75) is 26.8 Å². The summed E-state index contributed by atoms with van der Waals surface area (Å²) in [5.74, 6) is -0.0484. The molecule has 1 saturated heterocycles. The molecule has 0 atom stereocenters. The highest BCUT2D eigenvalue weighted by Gasteiger charge is 2.20. The van der Waals surface area contributed by atoms with Crippen LogP contribution >= 0.6 is 0 Å². The molecule has 1 aromatic rings. The van der Waals surface area contributed by atoms with E-state index in [1.54, 1.807) is 9.58 Å². The van der Waals surface area contributed by atoms with Gasteiger partial charge in [-0.1, -0.05) is 0 Å². The largest absolute Gasteiger partial charge is 0.396 e. The highest BCUT2D eigenvalue weighted by atomic mass is 16.2. The maximum absolute atomic E-state index is 12.2. The third kappa shape index (κ3) is 2.86. The van der Waals surface area contributed by atoms with Crippen molar-refractivity contribution in [1.29, 1.82) is 0 Å². The molecule has 2 heterocycles. The molecule has 0 saturated carbocycles. The van der Waals surface area contributed by atoms with Crippen molar-refractivity contribution in [3.63, 3.8) is 0 Å². The Kier molecular flexibility index (Phi) is 3.73. The van der Waals surface area contributed by atoms with Crippen LogP contribution in [0.5, 0.6) is 0 Å². The molecule has 7 nitrogen and oxygen atoms in total. The van der Waals surface area contributed by atoms with E-state index in [1.807, 2.05) is 13.8 Å². The quantitative estimate of drug-likeness (QED) is 0.749.